The summed E-state index contributed by atoms with van der Waals surface area (Å²) in [6.07, 6.45) is 18.6. The number of hydrogen-bond acceptors (Lipinski definition) is 3. The zero-order valence-electron chi connectivity index (χ0n) is 23.8. The molecule has 1 heterocycles. The molecule has 4 heteroatoms. The number of aromatic nitrogens is 1. The number of fused-ring (bicyclic) bond motifs is 3. The van der Waals surface area contributed by atoms with Crippen molar-refractivity contribution >= 4 is 5.91 Å². The fraction of sp³-hybridized carbons (Fsp3) is 0.697. The molecule has 204 valence electrons. The Morgan fingerprint density at radius 1 is 1.11 bits per heavy atom. The molecule has 37 heavy (non-hydrogen) atoms. The largest absolute Gasteiger partial charge is 0.393 e. The molecule has 0 bridgehead atoms. The van der Waals surface area contributed by atoms with E-state index in [9.17, 15) is 9.90 Å². The molecule has 0 unspecified atom stereocenters. The van der Waals surface area contributed by atoms with Gasteiger partial charge in [-0.15, -0.1) is 0 Å². The number of nitrogens with one attached hydrogen (secondary N) is 1. The van der Waals surface area contributed by atoms with Crippen LogP contribution in [0.25, 0.3) is 0 Å². The second-order valence-corrected chi connectivity index (χ2v) is 12.9. The minimum Gasteiger partial charge on any atom is -0.393 e. The summed E-state index contributed by atoms with van der Waals surface area (Å²) in [7, 11) is 0. The molecule has 0 saturated heterocycles. The monoisotopic (exact) mass is 506 g/mol. The predicted molar refractivity (Wildman–Crippen MR) is 152 cm³/mol. The van der Waals surface area contributed by atoms with Crippen LogP contribution < -0.4 is 5.32 Å². The third-order valence-corrected chi connectivity index (χ3v) is 10.4. The molecule has 2 N–H and O–H groups in total. The van der Waals surface area contributed by atoms with E-state index >= 15 is 0 Å². The summed E-state index contributed by atoms with van der Waals surface area (Å²) >= 11 is 0. The van der Waals surface area contributed by atoms with Crippen LogP contribution in [-0.2, 0) is 11.2 Å². The topological polar surface area (TPSA) is 62.2 Å². The third-order valence-electron chi connectivity index (χ3n) is 10.4. The van der Waals surface area contributed by atoms with Gasteiger partial charge < -0.3 is 10.4 Å². The minimum absolute atomic E-state index is 0.00176. The molecule has 2 saturated carbocycles. The molecule has 0 aromatic carbocycles. The highest BCUT2D eigenvalue weighted by atomic mass is 16.3. The number of carbonyl (C=O) groups is 1. The van der Waals surface area contributed by atoms with Crippen molar-refractivity contribution in [1.29, 1.82) is 0 Å². The number of nitrogens with zero attached hydrogens (tertiary/aromatic N) is 1. The fourth-order valence-corrected chi connectivity index (χ4v) is 8.24. The van der Waals surface area contributed by atoms with Crippen molar-refractivity contribution in [2.45, 2.75) is 111 Å². The van der Waals surface area contributed by atoms with E-state index in [1.807, 2.05) is 18.3 Å². The van der Waals surface area contributed by atoms with E-state index in [0.29, 0.717) is 29.6 Å². The van der Waals surface area contributed by atoms with Crippen LogP contribution in [0.1, 0.15) is 104 Å². The molecule has 3 aliphatic rings. The van der Waals surface area contributed by atoms with Crippen LogP contribution in [0.2, 0.25) is 0 Å². The van der Waals surface area contributed by atoms with Crippen LogP contribution in [-0.4, -0.2) is 28.6 Å². The Morgan fingerprint density at radius 3 is 2.70 bits per heavy atom. The lowest BCUT2D eigenvalue weighted by atomic mass is 9.43. The van der Waals surface area contributed by atoms with Crippen molar-refractivity contribution in [2.24, 2.45) is 28.6 Å². The molecule has 4 nitrogen and oxygen atoms in total. The van der Waals surface area contributed by atoms with Gasteiger partial charge in [0, 0.05) is 24.9 Å². The van der Waals surface area contributed by atoms with Crippen LogP contribution in [0.3, 0.4) is 0 Å². The van der Waals surface area contributed by atoms with Crippen molar-refractivity contribution < 1.29 is 9.90 Å². The maximum atomic E-state index is 12.7. The maximum Gasteiger partial charge on any atom is 0.220 e. The Bertz CT molecular complexity index is 966. The van der Waals surface area contributed by atoms with E-state index in [2.05, 4.69) is 56.2 Å². The van der Waals surface area contributed by atoms with Crippen LogP contribution in [0.5, 0.6) is 0 Å². The van der Waals surface area contributed by atoms with Crippen LogP contribution in [0, 0.1) is 28.6 Å². The average molecular weight is 507 g/mol. The zero-order chi connectivity index (χ0) is 26.5. The Balaban J connectivity index is 1.20. The first-order valence-electron chi connectivity index (χ1n) is 14.9. The fourth-order valence-electron chi connectivity index (χ4n) is 8.24. The lowest BCUT2D eigenvalue weighted by Gasteiger charge is -2.62. The molecular formula is C33H50N2O2. The zero-order valence-corrected chi connectivity index (χ0v) is 23.8. The summed E-state index contributed by atoms with van der Waals surface area (Å²) < 4.78 is 0. The molecule has 3 aliphatic carbocycles. The summed E-state index contributed by atoms with van der Waals surface area (Å²) in [5.74, 6) is 2.11. The Kier molecular flexibility index (Phi) is 9.32. The van der Waals surface area contributed by atoms with E-state index in [0.717, 1.165) is 57.2 Å². The van der Waals surface area contributed by atoms with Gasteiger partial charge in [-0.3, -0.25) is 9.78 Å². The van der Waals surface area contributed by atoms with E-state index in [-0.39, 0.29) is 17.4 Å². The molecular weight excluding hydrogens is 456 g/mol. The van der Waals surface area contributed by atoms with Crippen LogP contribution in [0.15, 0.2) is 47.7 Å². The normalized spacial score (nSPS) is 31.2. The van der Waals surface area contributed by atoms with Crippen molar-refractivity contribution in [2.75, 3.05) is 6.54 Å². The van der Waals surface area contributed by atoms with Gasteiger partial charge in [-0.05, 0) is 118 Å². The Hall–Kier alpha value is -1.94. The van der Waals surface area contributed by atoms with E-state index in [4.69, 9.17) is 0 Å². The number of allylic oxidation sites excluding steroid dienone is 3. The van der Waals surface area contributed by atoms with E-state index in [1.165, 1.54) is 25.7 Å². The third kappa shape index (κ3) is 6.38. The van der Waals surface area contributed by atoms with Gasteiger partial charge in [-0.2, -0.15) is 0 Å². The highest BCUT2D eigenvalue weighted by Gasteiger charge is 2.58. The summed E-state index contributed by atoms with van der Waals surface area (Å²) in [5, 5.41) is 13.9. The Morgan fingerprint density at radius 2 is 1.92 bits per heavy atom. The van der Waals surface area contributed by atoms with E-state index < -0.39 is 0 Å². The average Bonchev–Trinajstić information content (AvgIpc) is 2.88. The highest BCUT2D eigenvalue weighted by Crippen LogP contribution is 2.64. The van der Waals surface area contributed by atoms with E-state index in [1.54, 1.807) is 11.1 Å². The molecule has 0 spiro atoms. The van der Waals surface area contributed by atoms with Crippen LogP contribution in [0.4, 0.5) is 0 Å². The number of aryl methyl sites for hydroxylation is 1. The quantitative estimate of drug-likeness (QED) is 0.261. The van der Waals surface area contributed by atoms with Crippen molar-refractivity contribution in [3.63, 3.8) is 0 Å². The van der Waals surface area contributed by atoms with Gasteiger partial charge in [-0.1, -0.05) is 50.1 Å². The number of amides is 1. The predicted octanol–water partition coefficient (Wildman–Crippen LogP) is 7.19. The number of aliphatic hydroxyl groups excluding tert-OH is 1. The SMILES string of the molecule is CC1=C(CCC(=O)NCC/C=C/CCCc2ccccn2)[C@@H]2CC[C@H]3C(C)(C)[C@@H](O)CC[C@]3(C)[C@H]2CC1. The number of pyridine rings is 1. The first kappa shape index (κ1) is 28.1. The van der Waals surface area contributed by atoms with Crippen molar-refractivity contribution in [3.05, 3.63) is 53.4 Å². The molecule has 1 aromatic heterocycles. The number of aliphatic hydroxyl groups is 1. The minimum atomic E-state index is -0.174. The highest BCUT2D eigenvalue weighted by molar-refractivity contribution is 5.76. The first-order chi connectivity index (χ1) is 17.7. The molecule has 0 aliphatic heterocycles. The molecule has 0 radical (unpaired) electrons. The second kappa shape index (κ2) is 12.3. The maximum absolute atomic E-state index is 12.7. The van der Waals surface area contributed by atoms with Gasteiger partial charge in [0.1, 0.15) is 0 Å². The summed E-state index contributed by atoms with van der Waals surface area (Å²) in [6.45, 7) is 10.2. The summed E-state index contributed by atoms with van der Waals surface area (Å²) in [5.41, 5.74) is 4.59. The molecule has 1 amide bonds. The molecule has 1 aromatic rings. The lowest BCUT2D eigenvalue weighted by Crippen LogP contribution is -2.56. The van der Waals surface area contributed by atoms with Gasteiger partial charge in [-0.25, -0.2) is 0 Å². The van der Waals surface area contributed by atoms with Gasteiger partial charge in [0.25, 0.3) is 0 Å². The smallest absolute Gasteiger partial charge is 0.220 e. The van der Waals surface area contributed by atoms with Crippen molar-refractivity contribution in [3.8, 4) is 0 Å². The van der Waals surface area contributed by atoms with Gasteiger partial charge in [0.05, 0.1) is 6.10 Å². The lowest BCUT2D eigenvalue weighted by molar-refractivity contribution is -0.149. The molecule has 2 fully saturated rings. The second-order valence-electron chi connectivity index (χ2n) is 12.9. The van der Waals surface area contributed by atoms with Gasteiger partial charge >= 0.3 is 0 Å². The Labute approximate surface area is 225 Å². The first-order valence-corrected chi connectivity index (χ1v) is 14.9. The van der Waals surface area contributed by atoms with Crippen molar-refractivity contribution in [1.82, 2.24) is 10.3 Å². The summed E-state index contributed by atoms with van der Waals surface area (Å²) in [6, 6.07) is 6.08. The van der Waals surface area contributed by atoms with Gasteiger partial charge in [0.15, 0.2) is 0 Å². The number of rotatable bonds is 10. The van der Waals surface area contributed by atoms with Crippen LogP contribution >= 0.6 is 0 Å². The molecule has 4 rings (SSSR count). The number of unbranched alkanes of at least 4 members (excludes halogenated alkanes) is 1. The summed E-state index contributed by atoms with van der Waals surface area (Å²) in [4.78, 5) is 17.0. The molecule has 5 atom stereocenters. The standard InChI is InChI=1S/C33H50N2O2/c1-24-14-17-28-27(15-18-29-32(2,3)30(36)20-21-33(28,29)4)26(24)16-19-31(37)35-23-10-7-5-6-8-12-25-13-9-11-22-34-25/h5,7,9,11,13,22,27-30,36H,6,8,10,12,14-21,23H2,1-4H3,(H,35,37)/b7-5+/t27-,28-,29-,30-,33+/m0/s1. The number of carbonyl (C=O) groups excluding carboxylic acids is 1. The van der Waals surface area contributed by atoms with Gasteiger partial charge in [0.2, 0.25) is 5.91 Å². The number of hydrogen-bond donors (Lipinski definition) is 2.